The fourth-order valence-corrected chi connectivity index (χ4v) is 2.40. The van der Waals surface area contributed by atoms with E-state index in [2.05, 4.69) is 25.2 Å². The topological polar surface area (TPSA) is 64.3 Å². The number of rotatable bonds is 6. The summed E-state index contributed by atoms with van der Waals surface area (Å²) in [6, 6.07) is 6.47. The molecule has 3 rings (SSSR count). The second kappa shape index (κ2) is 6.55. The normalized spacial score (nSPS) is 12.5. The largest absolute Gasteiger partial charge is 0.434 e. The summed E-state index contributed by atoms with van der Waals surface area (Å²) in [6.45, 7) is -0.924. The molecule has 3 aromatic rings. The zero-order chi connectivity index (χ0) is 16.2. The van der Waals surface area contributed by atoms with Crippen molar-refractivity contribution in [2.75, 3.05) is 5.32 Å². The van der Waals surface area contributed by atoms with Crippen LogP contribution in [0, 0.1) is 0 Å². The van der Waals surface area contributed by atoms with Crippen LogP contribution in [0.1, 0.15) is 24.9 Å². The molecule has 0 radical (unpaired) electrons. The highest BCUT2D eigenvalue weighted by molar-refractivity contribution is 5.62. The van der Waals surface area contributed by atoms with Crippen LogP contribution in [0.4, 0.5) is 14.6 Å². The molecule has 0 unspecified atom stereocenters. The van der Waals surface area contributed by atoms with E-state index in [0.29, 0.717) is 23.4 Å². The van der Waals surface area contributed by atoms with Crippen LogP contribution in [0.2, 0.25) is 0 Å². The van der Waals surface area contributed by atoms with Crippen LogP contribution in [0.25, 0.3) is 5.65 Å². The lowest BCUT2D eigenvalue weighted by atomic mass is 10.0. The Morgan fingerprint density at radius 1 is 1.30 bits per heavy atom. The second-order valence-corrected chi connectivity index (χ2v) is 4.86. The molecule has 2 aromatic heterocycles. The van der Waals surface area contributed by atoms with E-state index in [4.69, 9.17) is 0 Å². The molecule has 8 heteroatoms. The minimum atomic E-state index is -2.87. The number of alkyl halides is 2. The van der Waals surface area contributed by atoms with Crippen LogP contribution in [0.15, 0.2) is 43.0 Å². The van der Waals surface area contributed by atoms with Crippen molar-refractivity contribution in [1.82, 2.24) is 19.6 Å². The molecule has 120 valence electrons. The van der Waals surface area contributed by atoms with Gasteiger partial charge in [-0.15, -0.1) is 10.2 Å². The van der Waals surface area contributed by atoms with Gasteiger partial charge >= 0.3 is 6.61 Å². The average molecular weight is 319 g/mol. The first-order chi connectivity index (χ1) is 11.2. The van der Waals surface area contributed by atoms with Gasteiger partial charge in [-0.25, -0.2) is 4.98 Å². The first-order valence-corrected chi connectivity index (χ1v) is 7.13. The van der Waals surface area contributed by atoms with Crippen molar-refractivity contribution in [3.8, 4) is 5.75 Å². The lowest BCUT2D eigenvalue weighted by molar-refractivity contribution is -0.0505. The van der Waals surface area contributed by atoms with Crippen molar-refractivity contribution in [2.45, 2.75) is 26.0 Å². The molecule has 0 aliphatic heterocycles. The molecule has 0 bridgehead atoms. The average Bonchev–Trinajstić information content (AvgIpc) is 3.02. The summed E-state index contributed by atoms with van der Waals surface area (Å²) in [7, 11) is 0. The highest BCUT2D eigenvalue weighted by atomic mass is 19.3. The minimum Gasteiger partial charge on any atom is -0.434 e. The fraction of sp³-hybridized carbons (Fsp3) is 0.267. The van der Waals surface area contributed by atoms with Crippen LogP contribution in [0.3, 0.4) is 0 Å². The Balaban J connectivity index is 1.93. The molecule has 0 saturated heterocycles. The van der Waals surface area contributed by atoms with Gasteiger partial charge in [-0.1, -0.05) is 25.1 Å². The zero-order valence-corrected chi connectivity index (χ0v) is 12.4. The lowest BCUT2D eigenvalue weighted by Gasteiger charge is -2.21. The van der Waals surface area contributed by atoms with Gasteiger partial charge in [-0.2, -0.15) is 8.78 Å². The zero-order valence-electron chi connectivity index (χ0n) is 12.4. The van der Waals surface area contributed by atoms with Crippen LogP contribution >= 0.6 is 0 Å². The Bertz CT molecular complexity index is 792. The van der Waals surface area contributed by atoms with Gasteiger partial charge in [-0.3, -0.25) is 4.40 Å². The van der Waals surface area contributed by atoms with Gasteiger partial charge in [-0.05, 0) is 12.5 Å². The maximum absolute atomic E-state index is 12.6. The predicted octanol–water partition coefficient (Wildman–Crippen LogP) is 3.29. The Morgan fingerprint density at radius 2 is 2.13 bits per heavy atom. The van der Waals surface area contributed by atoms with Crippen LogP contribution in [0.5, 0.6) is 5.75 Å². The Labute approximate surface area is 131 Å². The van der Waals surface area contributed by atoms with E-state index in [-0.39, 0.29) is 11.8 Å². The fourth-order valence-electron chi connectivity index (χ4n) is 2.40. The van der Waals surface area contributed by atoms with E-state index in [1.807, 2.05) is 6.92 Å². The van der Waals surface area contributed by atoms with Gasteiger partial charge < -0.3 is 10.1 Å². The van der Waals surface area contributed by atoms with Crippen molar-refractivity contribution in [3.63, 3.8) is 0 Å². The van der Waals surface area contributed by atoms with E-state index in [0.717, 1.165) is 0 Å². The van der Waals surface area contributed by atoms with Gasteiger partial charge in [0.25, 0.3) is 0 Å². The van der Waals surface area contributed by atoms with Crippen molar-refractivity contribution in [3.05, 3.63) is 48.5 Å². The summed E-state index contributed by atoms with van der Waals surface area (Å²) in [5, 5.41) is 11.1. The van der Waals surface area contributed by atoms with E-state index in [9.17, 15) is 8.78 Å². The smallest absolute Gasteiger partial charge is 0.387 e. The molecule has 1 atom stereocenters. The number of para-hydroxylation sites is 1. The van der Waals surface area contributed by atoms with E-state index < -0.39 is 6.61 Å². The summed E-state index contributed by atoms with van der Waals surface area (Å²) >= 11 is 0. The number of anilines is 1. The van der Waals surface area contributed by atoms with Crippen molar-refractivity contribution in [1.29, 1.82) is 0 Å². The summed E-state index contributed by atoms with van der Waals surface area (Å²) < 4.78 is 31.5. The minimum absolute atomic E-state index is 0.148. The molecule has 0 fully saturated rings. The monoisotopic (exact) mass is 319 g/mol. The molecule has 1 aromatic carbocycles. The van der Waals surface area contributed by atoms with E-state index in [1.165, 1.54) is 6.07 Å². The number of benzene rings is 1. The first kappa shape index (κ1) is 15.1. The van der Waals surface area contributed by atoms with Crippen LogP contribution in [-0.4, -0.2) is 26.2 Å². The third-order valence-corrected chi connectivity index (χ3v) is 3.45. The maximum Gasteiger partial charge on any atom is 0.387 e. The third kappa shape index (κ3) is 3.20. The molecule has 0 saturated carbocycles. The van der Waals surface area contributed by atoms with Crippen LogP contribution < -0.4 is 10.1 Å². The third-order valence-electron chi connectivity index (χ3n) is 3.45. The SMILES string of the molecule is CC[C@@H](Nc1nccn2cnnc12)c1ccccc1OC(F)F. The van der Waals surface area contributed by atoms with Crippen LogP contribution in [-0.2, 0) is 0 Å². The molecule has 2 heterocycles. The lowest BCUT2D eigenvalue weighted by Crippen LogP contribution is -2.14. The molecule has 1 N–H and O–H groups in total. The number of aromatic nitrogens is 4. The van der Waals surface area contributed by atoms with Gasteiger partial charge in [0, 0.05) is 18.0 Å². The Kier molecular flexibility index (Phi) is 4.31. The molecule has 6 nitrogen and oxygen atoms in total. The standard InChI is InChI=1S/C15H15F2N5O/c1-2-11(10-5-3-4-6-12(10)23-15(16)17)20-13-14-21-19-9-22(14)8-7-18-13/h3-9,11,15H,2H2,1H3,(H,18,20)/t11-/m1/s1. The summed E-state index contributed by atoms with van der Waals surface area (Å²) in [4.78, 5) is 4.26. The maximum atomic E-state index is 12.6. The van der Waals surface area contributed by atoms with Gasteiger partial charge in [0.1, 0.15) is 12.1 Å². The van der Waals surface area contributed by atoms with E-state index in [1.54, 1.807) is 41.3 Å². The number of fused-ring (bicyclic) bond motifs is 1. The van der Waals surface area contributed by atoms with E-state index >= 15 is 0 Å². The quantitative estimate of drug-likeness (QED) is 0.755. The number of halogens is 2. The number of nitrogens with one attached hydrogen (secondary N) is 1. The molecule has 0 spiro atoms. The second-order valence-electron chi connectivity index (χ2n) is 4.86. The van der Waals surface area contributed by atoms with Crippen molar-refractivity contribution < 1.29 is 13.5 Å². The van der Waals surface area contributed by atoms with Crippen molar-refractivity contribution in [2.24, 2.45) is 0 Å². The summed E-state index contributed by atoms with van der Waals surface area (Å²) in [5.74, 6) is 0.680. The van der Waals surface area contributed by atoms with Gasteiger partial charge in [0.05, 0.1) is 6.04 Å². The summed E-state index contributed by atoms with van der Waals surface area (Å²) in [6.07, 6.45) is 5.57. The van der Waals surface area contributed by atoms with Gasteiger partial charge in [0.2, 0.25) is 5.65 Å². The summed E-state index contributed by atoms with van der Waals surface area (Å²) in [5.41, 5.74) is 1.21. The Morgan fingerprint density at radius 3 is 2.91 bits per heavy atom. The number of nitrogens with zero attached hydrogens (tertiary/aromatic N) is 4. The molecule has 0 amide bonds. The first-order valence-electron chi connectivity index (χ1n) is 7.13. The molecule has 0 aliphatic carbocycles. The molecular formula is C15H15F2N5O. The molecule has 23 heavy (non-hydrogen) atoms. The number of ether oxygens (including phenoxy) is 1. The number of hydrogen-bond donors (Lipinski definition) is 1. The molecular weight excluding hydrogens is 304 g/mol. The highest BCUT2D eigenvalue weighted by Gasteiger charge is 2.18. The Hall–Kier alpha value is -2.77. The number of hydrogen-bond acceptors (Lipinski definition) is 5. The predicted molar refractivity (Wildman–Crippen MR) is 80.5 cm³/mol. The highest BCUT2D eigenvalue weighted by Crippen LogP contribution is 2.31. The van der Waals surface area contributed by atoms with Crippen molar-refractivity contribution >= 4 is 11.5 Å². The molecule has 0 aliphatic rings. The van der Waals surface area contributed by atoms with Gasteiger partial charge in [0.15, 0.2) is 5.82 Å².